The fourth-order valence-corrected chi connectivity index (χ4v) is 6.93. The molecule has 1 aromatic heterocycles. The summed E-state index contributed by atoms with van der Waals surface area (Å²) < 4.78 is 5.62. The van der Waals surface area contributed by atoms with Gasteiger partial charge >= 0.3 is 0 Å². The minimum absolute atomic E-state index is 0.0134. The lowest BCUT2D eigenvalue weighted by molar-refractivity contribution is -0.202. The molecular formula is C32H53N5O6. The first-order chi connectivity index (χ1) is 20.6. The molecule has 0 aromatic carbocycles. The number of carbonyl (C=O) groups is 4. The number of rotatable bonds is 17. The van der Waals surface area contributed by atoms with Crippen molar-refractivity contribution in [2.24, 2.45) is 34.9 Å². The molecule has 3 rings (SSSR count). The lowest BCUT2D eigenvalue weighted by Gasteiger charge is -2.36. The first-order valence-electron chi connectivity index (χ1n) is 16.3. The normalized spacial score (nSPS) is 20.7. The summed E-state index contributed by atoms with van der Waals surface area (Å²) in [6.07, 6.45) is 12.0. The number of ether oxygens (including phenoxy) is 1. The summed E-state index contributed by atoms with van der Waals surface area (Å²) in [5.41, 5.74) is 3.79. The van der Waals surface area contributed by atoms with Gasteiger partial charge in [0.1, 0.15) is 5.41 Å². The Labute approximate surface area is 256 Å². The minimum Gasteiger partial charge on any atom is -0.350 e. The van der Waals surface area contributed by atoms with E-state index in [9.17, 15) is 19.2 Å². The zero-order valence-electron chi connectivity index (χ0n) is 26.5. The molecule has 1 saturated carbocycles. The first-order valence-corrected chi connectivity index (χ1v) is 16.3. The fourth-order valence-electron chi connectivity index (χ4n) is 6.93. The number of nitrogens with two attached hydrogens (primary N) is 1. The van der Waals surface area contributed by atoms with Crippen LogP contribution >= 0.6 is 0 Å². The molecule has 0 bridgehead atoms. The molecule has 11 nitrogen and oxygen atoms in total. The van der Waals surface area contributed by atoms with Crippen molar-refractivity contribution in [3.63, 3.8) is 0 Å². The molecule has 1 aliphatic heterocycles. The van der Waals surface area contributed by atoms with E-state index in [1.165, 1.54) is 25.5 Å². The average Bonchev–Trinajstić information content (AvgIpc) is 3.45. The van der Waals surface area contributed by atoms with Crippen molar-refractivity contribution in [2.45, 2.75) is 124 Å². The molecule has 5 N–H and O–H groups in total. The second-order valence-corrected chi connectivity index (χ2v) is 12.9. The number of imidazole rings is 1. The molecule has 2 heterocycles. The van der Waals surface area contributed by atoms with E-state index in [0.29, 0.717) is 37.5 Å². The van der Waals surface area contributed by atoms with Gasteiger partial charge in [-0.1, -0.05) is 72.1 Å². The number of H-pyrrole nitrogens is 1. The summed E-state index contributed by atoms with van der Waals surface area (Å²) in [7, 11) is 0. The number of aromatic amines is 1. The van der Waals surface area contributed by atoms with Gasteiger partial charge in [0, 0.05) is 24.9 Å². The lowest BCUT2D eigenvalue weighted by atomic mass is 9.65. The highest BCUT2D eigenvalue weighted by atomic mass is 16.8. The summed E-state index contributed by atoms with van der Waals surface area (Å²) in [5.74, 6) is 1.18. The van der Waals surface area contributed by atoms with Gasteiger partial charge in [-0.15, -0.1) is 0 Å². The number of ketones is 2. The van der Waals surface area contributed by atoms with E-state index in [2.05, 4.69) is 20.9 Å². The topological polar surface area (TPSA) is 165 Å². The van der Waals surface area contributed by atoms with Gasteiger partial charge in [-0.3, -0.25) is 24.6 Å². The zero-order valence-corrected chi connectivity index (χ0v) is 26.5. The highest BCUT2D eigenvalue weighted by Crippen LogP contribution is 2.40. The van der Waals surface area contributed by atoms with Gasteiger partial charge in [-0.2, -0.15) is 0 Å². The molecule has 2 amide bonds. The van der Waals surface area contributed by atoms with E-state index in [1.54, 1.807) is 6.92 Å². The van der Waals surface area contributed by atoms with Crippen LogP contribution in [0.3, 0.4) is 0 Å². The number of carbonyl (C=O) groups excluding carboxylic acids is 4. The maximum atomic E-state index is 14.8. The van der Waals surface area contributed by atoms with E-state index >= 15 is 0 Å². The largest absolute Gasteiger partial charge is 0.350 e. The predicted molar refractivity (Wildman–Crippen MR) is 162 cm³/mol. The first kappa shape index (κ1) is 34.9. The van der Waals surface area contributed by atoms with Gasteiger partial charge in [-0.25, -0.2) is 21.1 Å². The van der Waals surface area contributed by atoms with E-state index in [4.69, 9.17) is 15.4 Å². The highest BCUT2D eigenvalue weighted by Gasteiger charge is 2.53. The third-order valence-corrected chi connectivity index (χ3v) is 8.99. The number of hydrogen-bond acceptors (Lipinski definition) is 8. The monoisotopic (exact) mass is 603 g/mol. The number of amides is 2. The second kappa shape index (κ2) is 17.0. The standard InChI is InChI=1S/C32H53N5O6/c1-5-17-32(19-21(2)3,31(41)36-33)28(39)26(27(38)29-34-20-22(4)35-29)24(15-11-14-23-12-7-6-8-13-23)30(40)37-43-25-16-9-10-18-42-25/h20-21,23-26H,5-19,33H2,1-4H3,(H,34,35)(H,36,41)(H,37,40)/t24-,25?,26-,32?/m0/s1. The van der Waals surface area contributed by atoms with Crippen LogP contribution in [0.2, 0.25) is 0 Å². The molecule has 0 radical (unpaired) electrons. The van der Waals surface area contributed by atoms with E-state index in [-0.39, 0.29) is 31.0 Å². The molecule has 2 fully saturated rings. The summed E-state index contributed by atoms with van der Waals surface area (Å²) in [4.78, 5) is 69.3. The molecular weight excluding hydrogens is 550 g/mol. The van der Waals surface area contributed by atoms with E-state index in [1.807, 2.05) is 20.8 Å². The Bertz CT molecular complexity index is 1060. The maximum absolute atomic E-state index is 14.8. The summed E-state index contributed by atoms with van der Waals surface area (Å²) in [6.45, 7) is 8.01. The van der Waals surface area contributed by atoms with Gasteiger partial charge < -0.3 is 9.72 Å². The van der Waals surface area contributed by atoms with Crippen molar-refractivity contribution < 1.29 is 28.8 Å². The van der Waals surface area contributed by atoms with E-state index in [0.717, 1.165) is 32.1 Å². The third kappa shape index (κ3) is 9.43. The highest BCUT2D eigenvalue weighted by molar-refractivity contribution is 6.18. The van der Waals surface area contributed by atoms with Gasteiger partial charge in [0.05, 0.1) is 11.8 Å². The number of aromatic nitrogens is 2. The van der Waals surface area contributed by atoms with Crippen LogP contribution in [0, 0.1) is 36.0 Å². The fraction of sp³-hybridized carbons (Fsp3) is 0.781. The lowest BCUT2D eigenvalue weighted by Crippen LogP contribution is -2.55. The maximum Gasteiger partial charge on any atom is 0.247 e. The number of hydrogen-bond donors (Lipinski definition) is 4. The number of aryl methyl sites for hydroxylation is 1. The van der Waals surface area contributed by atoms with Crippen molar-refractivity contribution >= 4 is 23.4 Å². The van der Waals surface area contributed by atoms with E-state index < -0.39 is 46.9 Å². The molecule has 1 saturated heterocycles. The molecule has 1 aliphatic carbocycles. The number of Topliss-reactive ketones (excluding diaryl/α,β-unsaturated/α-hetero) is 2. The molecule has 242 valence electrons. The summed E-state index contributed by atoms with van der Waals surface area (Å²) >= 11 is 0. The zero-order chi connectivity index (χ0) is 31.4. The Balaban J connectivity index is 2.02. The molecule has 43 heavy (non-hydrogen) atoms. The number of hydroxylamine groups is 1. The Morgan fingerprint density at radius 2 is 1.86 bits per heavy atom. The minimum atomic E-state index is -1.59. The quantitative estimate of drug-likeness (QED) is 0.0645. The van der Waals surface area contributed by atoms with Crippen LogP contribution < -0.4 is 16.7 Å². The smallest absolute Gasteiger partial charge is 0.247 e. The Kier molecular flexibility index (Phi) is 13.8. The average molecular weight is 604 g/mol. The van der Waals surface area contributed by atoms with Crippen LogP contribution in [-0.2, 0) is 24.0 Å². The van der Waals surface area contributed by atoms with Crippen molar-refractivity contribution in [1.82, 2.24) is 20.9 Å². The van der Waals surface area contributed by atoms with Crippen LogP contribution in [0.15, 0.2) is 6.20 Å². The number of hydrazine groups is 1. The predicted octanol–water partition coefficient (Wildman–Crippen LogP) is 4.85. The number of nitrogens with one attached hydrogen (secondary N) is 3. The van der Waals surface area contributed by atoms with Crippen molar-refractivity contribution in [1.29, 1.82) is 0 Å². The van der Waals surface area contributed by atoms with Gasteiger partial charge in [-0.05, 0) is 50.9 Å². The van der Waals surface area contributed by atoms with Crippen LogP contribution in [0.1, 0.15) is 127 Å². The van der Waals surface area contributed by atoms with Crippen LogP contribution in [0.4, 0.5) is 0 Å². The molecule has 1 aromatic rings. The van der Waals surface area contributed by atoms with Crippen LogP contribution in [0.5, 0.6) is 0 Å². The molecule has 2 unspecified atom stereocenters. The second-order valence-electron chi connectivity index (χ2n) is 12.9. The molecule has 0 spiro atoms. The SMILES string of the molecule is CCCC(CC(C)C)(C(=O)NN)C(=O)[C@H](C(=O)c1ncc(C)[nH]1)[C@H](CCCC1CCCCC1)C(=O)NOC1CCCCO1. The Hall–Kier alpha value is -2.63. The van der Waals surface area contributed by atoms with Crippen molar-refractivity contribution in [2.75, 3.05) is 6.61 Å². The molecule has 11 heteroatoms. The summed E-state index contributed by atoms with van der Waals surface area (Å²) in [5, 5.41) is 0. The van der Waals surface area contributed by atoms with Crippen molar-refractivity contribution in [3.05, 3.63) is 17.7 Å². The summed E-state index contributed by atoms with van der Waals surface area (Å²) in [6, 6.07) is 0. The van der Waals surface area contributed by atoms with Crippen molar-refractivity contribution in [3.8, 4) is 0 Å². The van der Waals surface area contributed by atoms with Gasteiger partial charge in [0.25, 0.3) is 0 Å². The van der Waals surface area contributed by atoms with Gasteiger partial charge in [0.15, 0.2) is 17.9 Å². The Morgan fingerprint density at radius 1 is 1.14 bits per heavy atom. The molecule has 4 atom stereocenters. The van der Waals surface area contributed by atoms with Crippen LogP contribution in [-0.4, -0.2) is 46.2 Å². The molecule has 2 aliphatic rings. The Morgan fingerprint density at radius 3 is 2.44 bits per heavy atom. The third-order valence-electron chi connectivity index (χ3n) is 8.99. The number of nitrogens with zero attached hydrogens (tertiary/aromatic N) is 1. The van der Waals surface area contributed by atoms with Gasteiger partial charge in [0.2, 0.25) is 17.6 Å². The van der Waals surface area contributed by atoms with Crippen LogP contribution in [0.25, 0.3) is 0 Å².